The zero-order valence-electron chi connectivity index (χ0n) is 18.6. The molecular formula is C28H27NO3. The number of fused-ring (bicyclic) bond motifs is 6. The summed E-state index contributed by atoms with van der Waals surface area (Å²) < 4.78 is 12.8. The number of ether oxygens (including phenoxy) is 2. The number of aryl methyl sites for hydroxylation is 1. The maximum absolute atomic E-state index is 13.1. The van der Waals surface area contributed by atoms with Crippen LogP contribution in [0.2, 0.25) is 0 Å². The van der Waals surface area contributed by atoms with Crippen LogP contribution in [0.4, 0.5) is 5.69 Å². The van der Waals surface area contributed by atoms with Crippen LogP contribution >= 0.6 is 0 Å². The van der Waals surface area contributed by atoms with Crippen LogP contribution in [-0.4, -0.2) is 19.1 Å². The molecule has 2 heterocycles. The fraction of sp³-hybridized carbons (Fsp3) is 0.321. The first-order chi connectivity index (χ1) is 15.6. The molecule has 32 heavy (non-hydrogen) atoms. The lowest BCUT2D eigenvalue weighted by atomic mass is 9.76. The Morgan fingerprint density at radius 3 is 2.56 bits per heavy atom. The fourth-order valence-electron chi connectivity index (χ4n) is 5.78. The van der Waals surface area contributed by atoms with E-state index in [1.807, 2.05) is 49.4 Å². The van der Waals surface area contributed by atoms with Crippen molar-refractivity contribution in [2.24, 2.45) is 0 Å². The summed E-state index contributed by atoms with van der Waals surface area (Å²) in [4.78, 5) is 15.5. The van der Waals surface area contributed by atoms with Crippen molar-refractivity contribution in [3.05, 3.63) is 88.5 Å². The van der Waals surface area contributed by atoms with E-state index in [1.54, 1.807) is 0 Å². The maximum atomic E-state index is 13.1. The summed E-state index contributed by atoms with van der Waals surface area (Å²) in [6.45, 7) is 2.05. The molecule has 3 aliphatic rings. The Kier molecular flexibility index (Phi) is 4.32. The van der Waals surface area contributed by atoms with Gasteiger partial charge in [0.25, 0.3) is 0 Å². The molecule has 1 aliphatic carbocycles. The van der Waals surface area contributed by atoms with Crippen LogP contribution in [-0.2, 0) is 10.3 Å². The van der Waals surface area contributed by atoms with Gasteiger partial charge in [-0.15, -0.1) is 0 Å². The number of hydrogen-bond donors (Lipinski definition) is 0. The van der Waals surface area contributed by atoms with Gasteiger partial charge in [-0.2, -0.15) is 0 Å². The van der Waals surface area contributed by atoms with Gasteiger partial charge in [-0.3, -0.25) is 0 Å². The standard InChI is InChI=1S/C28H27NO3/c1-18-15-16-22-25(17-18)31-24-14-8-13-23(29(2)19-9-4-3-5-10-19)26(24)28(22)21-12-7-6-11-20(21)27(30)32-28/h6-8,11-17,19H,3-5,9-10H2,1-2H3. The molecule has 1 fully saturated rings. The Bertz CT molecular complexity index is 1230. The van der Waals surface area contributed by atoms with Gasteiger partial charge in [0, 0.05) is 29.9 Å². The first-order valence-electron chi connectivity index (χ1n) is 11.6. The molecule has 0 N–H and O–H groups in total. The van der Waals surface area contributed by atoms with Gasteiger partial charge in [0.2, 0.25) is 0 Å². The van der Waals surface area contributed by atoms with Gasteiger partial charge in [0.1, 0.15) is 11.5 Å². The quantitative estimate of drug-likeness (QED) is 0.450. The van der Waals surface area contributed by atoms with Gasteiger partial charge in [-0.05, 0) is 49.6 Å². The predicted molar refractivity (Wildman–Crippen MR) is 125 cm³/mol. The molecule has 6 rings (SSSR count). The molecule has 0 bridgehead atoms. The third-order valence-electron chi connectivity index (χ3n) is 7.37. The Hall–Kier alpha value is -3.27. The van der Waals surface area contributed by atoms with Gasteiger partial charge in [-0.25, -0.2) is 4.79 Å². The summed E-state index contributed by atoms with van der Waals surface area (Å²) in [6, 6.07) is 20.6. The Morgan fingerprint density at radius 1 is 0.906 bits per heavy atom. The number of hydrogen-bond acceptors (Lipinski definition) is 4. The monoisotopic (exact) mass is 425 g/mol. The van der Waals surface area contributed by atoms with Gasteiger partial charge >= 0.3 is 5.97 Å². The summed E-state index contributed by atoms with van der Waals surface area (Å²) in [5.41, 5.74) is 4.51. The van der Waals surface area contributed by atoms with Crippen molar-refractivity contribution in [2.45, 2.75) is 50.7 Å². The van der Waals surface area contributed by atoms with Crippen molar-refractivity contribution in [1.29, 1.82) is 0 Å². The first kappa shape index (κ1) is 19.4. The molecule has 1 atom stereocenters. The second kappa shape index (κ2) is 7.13. The van der Waals surface area contributed by atoms with Crippen LogP contribution in [0.1, 0.15) is 64.7 Å². The lowest BCUT2D eigenvalue weighted by Gasteiger charge is -2.41. The van der Waals surface area contributed by atoms with E-state index in [-0.39, 0.29) is 5.97 Å². The van der Waals surface area contributed by atoms with Crippen molar-refractivity contribution < 1.29 is 14.3 Å². The topological polar surface area (TPSA) is 38.8 Å². The minimum Gasteiger partial charge on any atom is -0.456 e. The molecule has 162 valence electrons. The smallest absolute Gasteiger partial charge is 0.340 e. The van der Waals surface area contributed by atoms with Crippen molar-refractivity contribution in [3.63, 3.8) is 0 Å². The zero-order chi connectivity index (χ0) is 21.9. The van der Waals surface area contributed by atoms with E-state index >= 15 is 0 Å². The molecule has 0 radical (unpaired) electrons. The number of carbonyl (C=O) groups is 1. The summed E-state index contributed by atoms with van der Waals surface area (Å²) >= 11 is 0. The van der Waals surface area contributed by atoms with Gasteiger partial charge in [0.05, 0.1) is 11.1 Å². The van der Waals surface area contributed by atoms with Gasteiger partial charge in [-0.1, -0.05) is 55.7 Å². The average molecular weight is 426 g/mol. The van der Waals surface area contributed by atoms with E-state index in [0.29, 0.717) is 11.6 Å². The van der Waals surface area contributed by atoms with E-state index in [0.717, 1.165) is 39.4 Å². The van der Waals surface area contributed by atoms with Crippen LogP contribution in [0.3, 0.4) is 0 Å². The lowest BCUT2D eigenvalue weighted by molar-refractivity contribution is 0.0225. The number of esters is 1. The highest BCUT2D eigenvalue weighted by molar-refractivity contribution is 5.97. The Morgan fingerprint density at radius 2 is 1.72 bits per heavy atom. The zero-order valence-corrected chi connectivity index (χ0v) is 18.6. The molecule has 0 aromatic heterocycles. The molecular weight excluding hydrogens is 398 g/mol. The molecule has 0 amide bonds. The molecule has 1 unspecified atom stereocenters. The van der Waals surface area contributed by atoms with Crippen molar-refractivity contribution in [2.75, 3.05) is 11.9 Å². The summed E-state index contributed by atoms with van der Waals surface area (Å²) in [5.74, 6) is 1.22. The van der Waals surface area contributed by atoms with Crippen LogP contribution < -0.4 is 9.64 Å². The third-order valence-corrected chi connectivity index (χ3v) is 7.37. The minimum absolute atomic E-state index is 0.282. The van der Waals surface area contributed by atoms with Crippen LogP contribution in [0.5, 0.6) is 11.5 Å². The van der Waals surface area contributed by atoms with E-state index < -0.39 is 5.60 Å². The van der Waals surface area contributed by atoms with E-state index in [4.69, 9.17) is 9.47 Å². The van der Waals surface area contributed by atoms with Gasteiger partial charge < -0.3 is 14.4 Å². The first-order valence-corrected chi connectivity index (χ1v) is 11.6. The molecule has 4 nitrogen and oxygen atoms in total. The van der Waals surface area contributed by atoms with E-state index in [2.05, 4.69) is 30.1 Å². The lowest BCUT2D eigenvalue weighted by Crippen LogP contribution is -2.39. The molecule has 1 saturated carbocycles. The second-order valence-electron chi connectivity index (χ2n) is 9.27. The number of nitrogens with zero attached hydrogens (tertiary/aromatic N) is 1. The number of carbonyl (C=O) groups excluding carboxylic acids is 1. The van der Waals surface area contributed by atoms with E-state index in [1.165, 1.54) is 32.1 Å². The highest BCUT2D eigenvalue weighted by Crippen LogP contribution is 2.58. The van der Waals surface area contributed by atoms with Crippen LogP contribution in [0.15, 0.2) is 60.7 Å². The fourth-order valence-corrected chi connectivity index (χ4v) is 5.78. The molecule has 3 aromatic rings. The van der Waals surface area contributed by atoms with Gasteiger partial charge in [0.15, 0.2) is 5.60 Å². The Labute approximate surface area is 188 Å². The number of benzene rings is 3. The highest BCUT2D eigenvalue weighted by Gasteiger charge is 2.55. The molecule has 4 heteroatoms. The third kappa shape index (κ3) is 2.65. The Balaban J connectivity index is 1.64. The van der Waals surface area contributed by atoms with Crippen molar-refractivity contribution in [3.8, 4) is 11.5 Å². The van der Waals surface area contributed by atoms with Crippen molar-refractivity contribution >= 4 is 11.7 Å². The minimum atomic E-state index is -1.01. The molecule has 2 aliphatic heterocycles. The van der Waals surface area contributed by atoms with Crippen LogP contribution in [0, 0.1) is 6.92 Å². The summed E-state index contributed by atoms with van der Waals surface area (Å²) in [7, 11) is 2.17. The molecule has 3 aromatic carbocycles. The molecule has 1 spiro atoms. The summed E-state index contributed by atoms with van der Waals surface area (Å²) in [5, 5.41) is 0. The SMILES string of the molecule is Cc1ccc2c(c1)Oc1cccc(N(C)C3CCCCC3)c1C21OC(=O)c2ccccc21. The second-order valence-corrected chi connectivity index (χ2v) is 9.27. The van der Waals surface area contributed by atoms with Crippen LogP contribution in [0.25, 0.3) is 0 Å². The number of anilines is 1. The average Bonchev–Trinajstić information content (AvgIpc) is 3.11. The predicted octanol–water partition coefficient (Wildman–Crippen LogP) is 6.33. The number of rotatable bonds is 2. The maximum Gasteiger partial charge on any atom is 0.340 e. The highest BCUT2D eigenvalue weighted by atomic mass is 16.6. The summed E-state index contributed by atoms with van der Waals surface area (Å²) in [6.07, 6.45) is 6.18. The van der Waals surface area contributed by atoms with Crippen molar-refractivity contribution in [1.82, 2.24) is 0 Å². The largest absolute Gasteiger partial charge is 0.456 e. The van der Waals surface area contributed by atoms with E-state index in [9.17, 15) is 4.79 Å². The normalized spacial score (nSPS) is 21.4. The molecule has 0 saturated heterocycles.